The molecule has 0 atom stereocenters. The molecule has 1 aliphatic rings. The molecule has 266 valence electrons. The van der Waals surface area contributed by atoms with E-state index in [9.17, 15) is 4.79 Å². The number of hydrogen-bond donors (Lipinski definition) is 0. The highest BCUT2D eigenvalue weighted by atomic mass is 16.5. The topological polar surface area (TPSA) is 38.8 Å². The van der Waals surface area contributed by atoms with Crippen LogP contribution in [0.4, 0.5) is 17.1 Å². The fourth-order valence-electron chi connectivity index (χ4n) is 7.02. The fraction of sp³-hybridized carbons (Fsp3) is 0.0392. The molecule has 0 aromatic heterocycles. The summed E-state index contributed by atoms with van der Waals surface area (Å²) in [6.07, 6.45) is 8.90. The maximum absolute atomic E-state index is 11.5. The van der Waals surface area contributed by atoms with Crippen LogP contribution in [0.1, 0.15) is 51.4 Å². The van der Waals surface area contributed by atoms with Crippen LogP contribution < -0.4 is 14.4 Å². The summed E-state index contributed by atoms with van der Waals surface area (Å²) in [5.74, 6) is 0.958. The summed E-state index contributed by atoms with van der Waals surface area (Å²) in [4.78, 5) is 13.8. The van der Waals surface area contributed by atoms with Crippen molar-refractivity contribution in [1.82, 2.24) is 0 Å². The zero-order chi connectivity index (χ0) is 37.6. The van der Waals surface area contributed by atoms with Gasteiger partial charge in [-0.1, -0.05) is 127 Å². The number of rotatable bonds is 9. The van der Waals surface area contributed by atoms with Crippen LogP contribution in [0.2, 0.25) is 0 Å². The lowest BCUT2D eigenvalue weighted by atomic mass is 9.92. The van der Waals surface area contributed by atoms with Gasteiger partial charge in [0.05, 0.1) is 7.11 Å². The summed E-state index contributed by atoms with van der Waals surface area (Å²) in [6.45, 7) is 1.40. The molecule has 1 aliphatic carbocycles. The standard InChI is InChI=1S/C51H39NO3/c1-36(53)55-47-32-24-42(25-33-47)50(41-22-30-46(54-2)31-23-41)34-37-16-26-44(27-17-37)52(43-12-4-3-5-13-43)45-28-18-38(19-29-45)35-51-48-14-8-6-10-39(48)20-21-40-11-7-9-15-49(40)51/h3-35H,1-2H3. The molecule has 7 aromatic carbocycles. The van der Waals surface area contributed by atoms with Gasteiger partial charge in [-0.3, -0.25) is 4.79 Å². The minimum Gasteiger partial charge on any atom is -0.497 e. The molecular formula is C51H39NO3. The van der Waals surface area contributed by atoms with Gasteiger partial charge in [-0.15, -0.1) is 0 Å². The third-order valence-electron chi connectivity index (χ3n) is 9.71. The average Bonchev–Trinajstić information content (AvgIpc) is 3.38. The van der Waals surface area contributed by atoms with Gasteiger partial charge < -0.3 is 14.4 Å². The zero-order valence-corrected chi connectivity index (χ0v) is 30.7. The maximum Gasteiger partial charge on any atom is 0.308 e. The lowest BCUT2D eigenvalue weighted by Crippen LogP contribution is -2.09. The molecule has 0 spiro atoms. The largest absolute Gasteiger partial charge is 0.497 e. The first-order valence-corrected chi connectivity index (χ1v) is 18.3. The smallest absolute Gasteiger partial charge is 0.308 e. The summed E-state index contributed by atoms with van der Waals surface area (Å²) in [7, 11) is 1.67. The highest BCUT2D eigenvalue weighted by Gasteiger charge is 2.16. The Balaban J connectivity index is 1.14. The molecule has 0 radical (unpaired) electrons. The minimum atomic E-state index is -0.346. The lowest BCUT2D eigenvalue weighted by molar-refractivity contribution is -0.131. The lowest BCUT2D eigenvalue weighted by Gasteiger charge is -2.25. The van der Waals surface area contributed by atoms with Gasteiger partial charge in [0.15, 0.2) is 0 Å². The summed E-state index contributed by atoms with van der Waals surface area (Å²) < 4.78 is 10.7. The van der Waals surface area contributed by atoms with Gasteiger partial charge >= 0.3 is 5.97 Å². The number of ether oxygens (including phenoxy) is 2. The molecule has 4 nitrogen and oxygen atoms in total. The second kappa shape index (κ2) is 15.8. The normalized spacial score (nSPS) is 11.9. The van der Waals surface area contributed by atoms with Gasteiger partial charge in [-0.2, -0.15) is 0 Å². The van der Waals surface area contributed by atoms with E-state index in [1.165, 1.54) is 34.8 Å². The molecule has 0 bridgehead atoms. The second-order valence-corrected chi connectivity index (χ2v) is 13.3. The number of fused-ring (bicyclic) bond motifs is 2. The van der Waals surface area contributed by atoms with Crippen LogP contribution in [0.5, 0.6) is 11.5 Å². The Morgan fingerprint density at radius 2 is 0.982 bits per heavy atom. The Morgan fingerprint density at radius 1 is 0.509 bits per heavy atom. The minimum absolute atomic E-state index is 0.346. The number of esters is 1. The van der Waals surface area contributed by atoms with Crippen LogP contribution in [0.15, 0.2) is 176 Å². The van der Waals surface area contributed by atoms with E-state index in [2.05, 4.69) is 163 Å². The Hall–Kier alpha value is -7.17. The molecule has 0 fully saturated rings. The Kier molecular flexibility index (Phi) is 10.0. The van der Waals surface area contributed by atoms with E-state index in [1.807, 2.05) is 42.5 Å². The zero-order valence-electron chi connectivity index (χ0n) is 30.7. The van der Waals surface area contributed by atoms with E-state index in [0.717, 1.165) is 50.6 Å². The van der Waals surface area contributed by atoms with E-state index >= 15 is 0 Å². The van der Waals surface area contributed by atoms with Crippen molar-refractivity contribution >= 4 is 58.5 Å². The van der Waals surface area contributed by atoms with Crippen molar-refractivity contribution in [1.29, 1.82) is 0 Å². The average molecular weight is 714 g/mol. The molecule has 0 N–H and O–H groups in total. The number of carbonyl (C=O) groups is 1. The second-order valence-electron chi connectivity index (χ2n) is 13.3. The van der Waals surface area contributed by atoms with E-state index in [-0.39, 0.29) is 5.97 Å². The van der Waals surface area contributed by atoms with Crippen molar-refractivity contribution in [3.63, 3.8) is 0 Å². The van der Waals surface area contributed by atoms with Crippen LogP contribution in [0, 0.1) is 0 Å². The first-order chi connectivity index (χ1) is 27.0. The molecule has 0 heterocycles. The van der Waals surface area contributed by atoms with Crippen molar-refractivity contribution in [3.05, 3.63) is 220 Å². The molecule has 55 heavy (non-hydrogen) atoms. The Bertz CT molecular complexity index is 2480. The molecule has 0 aliphatic heterocycles. The Labute approximate surface area is 322 Å². The van der Waals surface area contributed by atoms with Gasteiger partial charge in [0.25, 0.3) is 0 Å². The molecule has 0 saturated heterocycles. The van der Waals surface area contributed by atoms with Crippen molar-refractivity contribution < 1.29 is 14.3 Å². The van der Waals surface area contributed by atoms with Crippen molar-refractivity contribution in [3.8, 4) is 11.5 Å². The number of para-hydroxylation sites is 1. The quantitative estimate of drug-likeness (QED) is 0.0848. The first-order valence-electron chi connectivity index (χ1n) is 18.3. The highest BCUT2D eigenvalue weighted by molar-refractivity contribution is 6.00. The van der Waals surface area contributed by atoms with Crippen LogP contribution in [0.3, 0.4) is 0 Å². The molecule has 4 heteroatoms. The van der Waals surface area contributed by atoms with Crippen LogP contribution in [-0.2, 0) is 4.79 Å². The third-order valence-corrected chi connectivity index (χ3v) is 9.71. The Morgan fingerprint density at radius 3 is 1.51 bits per heavy atom. The van der Waals surface area contributed by atoms with E-state index in [0.29, 0.717) is 5.75 Å². The SMILES string of the molecule is COc1ccc(C(=Cc2ccc(N(c3ccccc3)c3ccc(C=C4c5ccccc5C=Cc5ccccc54)cc3)cc2)c2ccc(OC(C)=O)cc2)cc1. The van der Waals surface area contributed by atoms with Crippen LogP contribution >= 0.6 is 0 Å². The number of benzene rings is 7. The summed E-state index contributed by atoms with van der Waals surface area (Å²) in [6, 6.07) is 60.7. The molecule has 7 aromatic rings. The number of carbonyl (C=O) groups excluding carboxylic acids is 1. The number of nitrogens with zero attached hydrogens (tertiary/aromatic N) is 1. The third kappa shape index (κ3) is 7.80. The van der Waals surface area contributed by atoms with E-state index < -0.39 is 0 Å². The van der Waals surface area contributed by atoms with Gasteiger partial charge in [0, 0.05) is 24.0 Å². The fourth-order valence-corrected chi connectivity index (χ4v) is 7.02. The van der Waals surface area contributed by atoms with Gasteiger partial charge in [0.2, 0.25) is 0 Å². The maximum atomic E-state index is 11.5. The number of anilines is 3. The molecule has 8 rings (SSSR count). The van der Waals surface area contributed by atoms with Gasteiger partial charge in [-0.25, -0.2) is 0 Å². The van der Waals surface area contributed by atoms with Crippen molar-refractivity contribution in [2.75, 3.05) is 12.0 Å². The van der Waals surface area contributed by atoms with Crippen LogP contribution in [0.25, 0.3) is 35.5 Å². The van der Waals surface area contributed by atoms with Crippen molar-refractivity contribution in [2.45, 2.75) is 6.92 Å². The predicted molar refractivity (Wildman–Crippen MR) is 228 cm³/mol. The number of methoxy groups -OCH3 is 1. The molecule has 0 unspecified atom stereocenters. The van der Waals surface area contributed by atoms with Crippen molar-refractivity contribution in [2.24, 2.45) is 0 Å². The molecular weight excluding hydrogens is 675 g/mol. The van der Waals surface area contributed by atoms with Gasteiger partial charge in [0.1, 0.15) is 11.5 Å². The summed E-state index contributed by atoms with van der Waals surface area (Å²) in [5.41, 5.74) is 14.5. The molecule has 0 saturated carbocycles. The summed E-state index contributed by atoms with van der Waals surface area (Å²) in [5, 5.41) is 0. The molecule has 0 amide bonds. The first kappa shape index (κ1) is 34.9. The summed E-state index contributed by atoms with van der Waals surface area (Å²) >= 11 is 0. The highest BCUT2D eigenvalue weighted by Crippen LogP contribution is 2.38. The number of hydrogen-bond acceptors (Lipinski definition) is 4. The van der Waals surface area contributed by atoms with Crippen LogP contribution in [-0.4, -0.2) is 13.1 Å². The van der Waals surface area contributed by atoms with Gasteiger partial charge in [-0.05, 0) is 128 Å². The van der Waals surface area contributed by atoms with E-state index in [1.54, 1.807) is 7.11 Å². The monoisotopic (exact) mass is 713 g/mol. The predicted octanol–water partition coefficient (Wildman–Crippen LogP) is 12.8. The van der Waals surface area contributed by atoms with E-state index in [4.69, 9.17) is 9.47 Å².